The monoisotopic (exact) mass is 490 g/mol. The van der Waals surface area contributed by atoms with Gasteiger partial charge in [0.25, 0.3) is 0 Å². The molecule has 1 aromatic heterocycles. The number of nitrogens with zero attached hydrogens (tertiary/aromatic N) is 2. The van der Waals surface area contributed by atoms with Crippen LogP contribution in [0.15, 0.2) is 48.7 Å². The molecule has 5 rings (SSSR count). The molecule has 2 aliphatic rings. The quantitative estimate of drug-likeness (QED) is 0.421. The van der Waals surface area contributed by atoms with E-state index in [9.17, 15) is 9.59 Å². The van der Waals surface area contributed by atoms with Crippen LogP contribution in [0.4, 0.5) is 11.4 Å². The van der Waals surface area contributed by atoms with Gasteiger partial charge in [-0.05, 0) is 50.3 Å². The van der Waals surface area contributed by atoms with Crippen molar-refractivity contribution < 1.29 is 14.3 Å². The van der Waals surface area contributed by atoms with Crippen LogP contribution in [-0.4, -0.2) is 75.1 Å². The molecule has 2 aliphatic heterocycles. The maximum atomic E-state index is 13.9. The number of H-pyrrole nitrogens is 1. The molecule has 2 atom stereocenters. The number of carbonyl (C=O) groups is 2. The van der Waals surface area contributed by atoms with Crippen LogP contribution in [0.1, 0.15) is 22.3 Å². The van der Waals surface area contributed by atoms with Crippen LogP contribution in [0.3, 0.4) is 0 Å². The summed E-state index contributed by atoms with van der Waals surface area (Å²) >= 11 is 0. The van der Waals surface area contributed by atoms with Gasteiger partial charge in [0.2, 0.25) is 11.8 Å². The van der Waals surface area contributed by atoms with E-state index in [0.717, 1.165) is 54.0 Å². The van der Waals surface area contributed by atoms with Gasteiger partial charge in [-0.3, -0.25) is 9.59 Å². The molecular weight excluding hydrogens is 456 g/mol. The summed E-state index contributed by atoms with van der Waals surface area (Å²) in [4.78, 5) is 33.7. The van der Waals surface area contributed by atoms with Crippen LogP contribution in [0.2, 0.25) is 0 Å². The number of rotatable bonds is 6. The number of hydrogen-bond acceptors (Lipinski definition) is 6. The molecule has 2 unspecified atom stereocenters. The number of amides is 2. The number of aromatic amines is 1. The number of benzene rings is 2. The van der Waals surface area contributed by atoms with Crippen molar-refractivity contribution in [3.05, 3.63) is 59.8 Å². The first-order valence-electron chi connectivity index (χ1n) is 12.4. The minimum atomic E-state index is -0.868. The van der Waals surface area contributed by atoms with Crippen LogP contribution in [-0.2, 0) is 15.1 Å². The zero-order chi connectivity index (χ0) is 25.3. The molecule has 0 radical (unpaired) electrons. The number of primary amides is 1. The fourth-order valence-corrected chi connectivity index (χ4v) is 5.59. The smallest absolute Gasteiger partial charge is 0.248 e. The van der Waals surface area contributed by atoms with Crippen molar-refractivity contribution in [2.75, 3.05) is 63.6 Å². The number of aromatic nitrogens is 1. The highest BCUT2D eigenvalue weighted by Crippen LogP contribution is 2.43. The fourth-order valence-electron chi connectivity index (χ4n) is 5.59. The van der Waals surface area contributed by atoms with Gasteiger partial charge < -0.3 is 35.9 Å². The number of methoxy groups -OCH3 is 1. The Labute approximate surface area is 211 Å². The zero-order valence-electron chi connectivity index (χ0n) is 20.8. The molecule has 0 saturated carbocycles. The van der Waals surface area contributed by atoms with Gasteiger partial charge in [0, 0.05) is 68.1 Å². The number of fused-ring (bicyclic) bond motifs is 1. The minimum Gasteiger partial charge on any atom is -0.373 e. The lowest BCUT2D eigenvalue weighted by atomic mass is 9.75. The van der Waals surface area contributed by atoms with Gasteiger partial charge in [0.05, 0.1) is 17.3 Å². The van der Waals surface area contributed by atoms with Gasteiger partial charge in [0.1, 0.15) is 5.60 Å². The predicted octanol–water partition coefficient (Wildman–Crippen LogP) is 2.11. The number of para-hydroxylation sites is 2. The van der Waals surface area contributed by atoms with Crippen molar-refractivity contribution in [3.8, 4) is 0 Å². The Hall–Kier alpha value is -3.40. The molecule has 2 aromatic carbocycles. The van der Waals surface area contributed by atoms with E-state index in [2.05, 4.69) is 38.5 Å². The van der Waals surface area contributed by atoms with E-state index in [1.165, 1.54) is 0 Å². The first-order valence-corrected chi connectivity index (χ1v) is 12.4. The first kappa shape index (κ1) is 24.3. The normalized spacial score (nSPS) is 23.1. The Balaban J connectivity index is 1.48. The van der Waals surface area contributed by atoms with Gasteiger partial charge in [0.15, 0.2) is 0 Å². The van der Waals surface area contributed by atoms with Crippen molar-refractivity contribution in [3.63, 3.8) is 0 Å². The van der Waals surface area contributed by atoms with Gasteiger partial charge >= 0.3 is 0 Å². The Morgan fingerprint density at radius 1 is 1.14 bits per heavy atom. The molecule has 9 nitrogen and oxygen atoms in total. The second-order valence-electron chi connectivity index (χ2n) is 9.72. The summed E-state index contributed by atoms with van der Waals surface area (Å²) in [5.41, 5.74) is 8.66. The van der Waals surface area contributed by atoms with Crippen molar-refractivity contribution in [1.29, 1.82) is 0 Å². The number of nitrogens with two attached hydrogens (primary N) is 1. The number of likely N-dealkylation sites (N-methyl/N-ethyl adjacent to an activating group) is 1. The molecule has 2 fully saturated rings. The molecule has 36 heavy (non-hydrogen) atoms. The molecule has 2 saturated heterocycles. The van der Waals surface area contributed by atoms with Crippen molar-refractivity contribution in [2.24, 2.45) is 11.7 Å². The van der Waals surface area contributed by atoms with E-state index < -0.39 is 17.4 Å². The third-order valence-electron chi connectivity index (χ3n) is 7.69. The second kappa shape index (κ2) is 9.93. The SMILES string of the molecule is COC1(c2c[nH]c3ccc(C(N)=O)cc23)CCNCC1C(=O)Nc1ccccc1N1CCN(C)CC1. The molecular formula is C27H34N6O3. The molecule has 5 N–H and O–H groups in total. The molecule has 0 aliphatic carbocycles. The van der Waals surface area contributed by atoms with Crippen molar-refractivity contribution in [1.82, 2.24) is 15.2 Å². The van der Waals surface area contributed by atoms with E-state index in [0.29, 0.717) is 25.1 Å². The van der Waals surface area contributed by atoms with E-state index >= 15 is 0 Å². The number of piperazine rings is 1. The highest BCUT2D eigenvalue weighted by molar-refractivity contribution is 6.00. The van der Waals surface area contributed by atoms with E-state index in [1.807, 2.05) is 30.5 Å². The average molecular weight is 491 g/mol. The van der Waals surface area contributed by atoms with Crippen LogP contribution in [0, 0.1) is 5.92 Å². The first-order chi connectivity index (χ1) is 17.4. The highest BCUT2D eigenvalue weighted by Gasteiger charge is 2.48. The maximum absolute atomic E-state index is 13.9. The van der Waals surface area contributed by atoms with Crippen molar-refractivity contribution >= 4 is 34.1 Å². The lowest BCUT2D eigenvalue weighted by Crippen LogP contribution is -2.54. The summed E-state index contributed by atoms with van der Waals surface area (Å²) in [6.07, 6.45) is 2.50. The van der Waals surface area contributed by atoms with E-state index in [1.54, 1.807) is 19.2 Å². The van der Waals surface area contributed by atoms with Gasteiger partial charge in [-0.1, -0.05) is 12.1 Å². The lowest BCUT2D eigenvalue weighted by Gasteiger charge is -2.42. The fraction of sp³-hybridized carbons (Fsp3) is 0.407. The van der Waals surface area contributed by atoms with Crippen LogP contribution in [0.25, 0.3) is 10.9 Å². The van der Waals surface area contributed by atoms with Crippen LogP contribution in [0.5, 0.6) is 0 Å². The summed E-state index contributed by atoms with van der Waals surface area (Å²) in [5.74, 6) is -1.09. The van der Waals surface area contributed by atoms with Gasteiger partial charge in [-0.2, -0.15) is 0 Å². The number of hydrogen-bond donors (Lipinski definition) is 4. The average Bonchev–Trinajstić information content (AvgIpc) is 3.33. The standard InChI is InChI=1S/C27H34N6O3/c1-32-11-13-33(14-12-32)24-6-4-3-5-23(24)31-26(35)21-16-29-10-9-27(21,36-2)20-17-30-22-8-7-18(25(28)34)15-19(20)22/h3-8,15,17,21,29-30H,9-14,16H2,1-2H3,(H2,28,34)(H,31,35). The van der Waals surface area contributed by atoms with E-state index in [-0.39, 0.29) is 5.91 Å². The third-order valence-corrected chi connectivity index (χ3v) is 7.69. The number of piperidine rings is 1. The molecule has 3 heterocycles. The Bertz CT molecular complexity index is 1270. The summed E-state index contributed by atoms with van der Waals surface area (Å²) < 4.78 is 6.21. The molecule has 0 bridgehead atoms. The molecule has 190 valence electrons. The Morgan fingerprint density at radius 3 is 2.67 bits per heavy atom. The Morgan fingerprint density at radius 2 is 1.92 bits per heavy atom. The van der Waals surface area contributed by atoms with Gasteiger partial charge in [-0.25, -0.2) is 0 Å². The molecule has 9 heteroatoms. The van der Waals surface area contributed by atoms with Crippen LogP contribution >= 0.6 is 0 Å². The van der Waals surface area contributed by atoms with Gasteiger partial charge in [-0.15, -0.1) is 0 Å². The number of nitrogens with one attached hydrogen (secondary N) is 3. The molecule has 3 aromatic rings. The zero-order valence-corrected chi connectivity index (χ0v) is 20.8. The largest absolute Gasteiger partial charge is 0.373 e. The third kappa shape index (κ3) is 4.34. The maximum Gasteiger partial charge on any atom is 0.248 e. The summed E-state index contributed by atoms with van der Waals surface area (Å²) in [7, 11) is 3.78. The highest BCUT2D eigenvalue weighted by atomic mass is 16.5. The topological polar surface area (TPSA) is 116 Å². The minimum absolute atomic E-state index is 0.106. The predicted molar refractivity (Wildman–Crippen MR) is 141 cm³/mol. The van der Waals surface area contributed by atoms with Crippen LogP contribution < -0.4 is 21.3 Å². The number of anilines is 2. The summed E-state index contributed by atoms with van der Waals surface area (Å²) in [6.45, 7) is 4.96. The summed E-state index contributed by atoms with van der Waals surface area (Å²) in [6, 6.07) is 13.3. The Kier molecular flexibility index (Phi) is 6.70. The number of ether oxygens (including phenoxy) is 1. The lowest BCUT2D eigenvalue weighted by molar-refractivity contribution is -0.138. The molecule has 0 spiro atoms. The number of carbonyl (C=O) groups excluding carboxylic acids is 2. The van der Waals surface area contributed by atoms with Crippen molar-refractivity contribution in [2.45, 2.75) is 12.0 Å². The molecule has 2 amide bonds. The van der Waals surface area contributed by atoms with E-state index in [4.69, 9.17) is 10.5 Å². The summed E-state index contributed by atoms with van der Waals surface area (Å²) in [5, 5.41) is 7.43. The second-order valence-corrected chi connectivity index (χ2v) is 9.72.